The predicted octanol–water partition coefficient (Wildman–Crippen LogP) is 1.70. The summed E-state index contributed by atoms with van der Waals surface area (Å²) in [6.07, 6.45) is 1.55. The molecule has 6 heteroatoms. The van der Waals surface area contributed by atoms with Gasteiger partial charge in [-0.1, -0.05) is 19.4 Å². The predicted molar refractivity (Wildman–Crippen MR) is 85.2 cm³/mol. The first kappa shape index (κ1) is 18.7. The second-order valence-corrected chi connectivity index (χ2v) is 5.23. The lowest BCUT2D eigenvalue weighted by atomic mass is 9.96. The zero-order chi connectivity index (χ0) is 14.5. The van der Waals surface area contributed by atoms with Gasteiger partial charge in [-0.3, -0.25) is 4.79 Å². The van der Waals surface area contributed by atoms with Crippen molar-refractivity contribution in [3.63, 3.8) is 0 Å². The molecule has 0 saturated heterocycles. The number of nitrogens with one attached hydrogen (secondary N) is 1. The van der Waals surface area contributed by atoms with Gasteiger partial charge in [0.15, 0.2) is 0 Å². The lowest BCUT2D eigenvalue weighted by molar-refractivity contribution is -0.126. The number of nitrogens with zero attached hydrogens (tertiary/aromatic N) is 2. The van der Waals surface area contributed by atoms with E-state index in [9.17, 15) is 4.79 Å². The number of aromatic nitrogens is 1. The number of carbonyl (C=O) groups is 1. The molecule has 114 valence electrons. The van der Waals surface area contributed by atoms with Crippen LogP contribution in [-0.2, 0) is 11.3 Å². The first-order valence-corrected chi connectivity index (χ1v) is 6.57. The molecule has 1 aromatic rings. The highest BCUT2D eigenvalue weighted by Gasteiger charge is 2.26. The maximum atomic E-state index is 12.0. The summed E-state index contributed by atoms with van der Waals surface area (Å²) in [7, 11) is 3.87. The molecule has 0 aliphatic heterocycles. The molecule has 0 bridgehead atoms. The van der Waals surface area contributed by atoms with Crippen LogP contribution in [-0.4, -0.2) is 30.5 Å². The molecule has 1 heterocycles. The van der Waals surface area contributed by atoms with Crippen molar-refractivity contribution in [2.75, 3.05) is 19.0 Å². The highest BCUT2D eigenvalue weighted by Crippen LogP contribution is 2.10. The number of halogens is 1. The Morgan fingerprint density at radius 3 is 2.65 bits per heavy atom. The van der Waals surface area contributed by atoms with E-state index < -0.39 is 5.54 Å². The van der Waals surface area contributed by atoms with Crippen LogP contribution in [0.2, 0.25) is 0 Å². The van der Waals surface area contributed by atoms with E-state index in [4.69, 9.17) is 5.73 Å². The molecule has 0 aliphatic carbocycles. The molecule has 5 nitrogen and oxygen atoms in total. The quantitative estimate of drug-likeness (QED) is 0.839. The number of hydrogen-bond donors (Lipinski definition) is 2. The van der Waals surface area contributed by atoms with E-state index in [1.165, 1.54) is 0 Å². The number of carbonyl (C=O) groups excluding carboxylic acids is 1. The third kappa shape index (κ3) is 5.35. The summed E-state index contributed by atoms with van der Waals surface area (Å²) in [5, 5.41) is 2.85. The molecule has 0 aromatic carbocycles. The Hall–Kier alpha value is -1.33. The van der Waals surface area contributed by atoms with E-state index in [0.717, 1.165) is 17.9 Å². The smallest absolute Gasteiger partial charge is 0.240 e. The molecular weight excluding hydrogens is 276 g/mol. The molecule has 1 atom stereocenters. The lowest BCUT2D eigenvalue weighted by Crippen LogP contribution is -2.51. The van der Waals surface area contributed by atoms with Crippen molar-refractivity contribution in [3.8, 4) is 0 Å². The number of amides is 1. The molecule has 1 amide bonds. The Labute approximate surface area is 127 Å². The molecule has 0 fully saturated rings. The van der Waals surface area contributed by atoms with Gasteiger partial charge in [0.1, 0.15) is 5.82 Å². The Morgan fingerprint density at radius 1 is 1.45 bits per heavy atom. The Kier molecular flexibility index (Phi) is 7.53. The second-order valence-electron chi connectivity index (χ2n) is 5.23. The van der Waals surface area contributed by atoms with Crippen LogP contribution in [0.25, 0.3) is 0 Å². The van der Waals surface area contributed by atoms with Crippen molar-refractivity contribution in [1.29, 1.82) is 0 Å². The molecule has 0 saturated carbocycles. The van der Waals surface area contributed by atoms with Crippen molar-refractivity contribution >= 4 is 24.1 Å². The molecular formula is C14H25ClN4O. The summed E-state index contributed by atoms with van der Waals surface area (Å²) in [6.45, 7) is 4.17. The summed E-state index contributed by atoms with van der Waals surface area (Å²) in [4.78, 5) is 18.3. The summed E-state index contributed by atoms with van der Waals surface area (Å²) in [5.74, 6) is 0.738. The molecule has 0 spiro atoms. The van der Waals surface area contributed by atoms with Crippen molar-refractivity contribution < 1.29 is 4.79 Å². The first-order valence-electron chi connectivity index (χ1n) is 6.57. The third-order valence-electron chi connectivity index (χ3n) is 2.97. The van der Waals surface area contributed by atoms with Gasteiger partial charge in [0.25, 0.3) is 0 Å². The average molecular weight is 301 g/mol. The fraction of sp³-hybridized carbons (Fsp3) is 0.571. The fourth-order valence-corrected chi connectivity index (χ4v) is 1.82. The van der Waals surface area contributed by atoms with Crippen LogP contribution in [0.1, 0.15) is 32.4 Å². The van der Waals surface area contributed by atoms with Gasteiger partial charge in [-0.15, -0.1) is 12.4 Å². The van der Waals surface area contributed by atoms with Crippen LogP contribution < -0.4 is 16.0 Å². The van der Waals surface area contributed by atoms with Gasteiger partial charge < -0.3 is 16.0 Å². The van der Waals surface area contributed by atoms with Gasteiger partial charge in [0.05, 0.1) is 17.8 Å². The SMILES string of the molecule is CCCC(C)(N)C(=O)NCc1cccc(N(C)C)n1.Cl. The molecule has 20 heavy (non-hydrogen) atoms. The van der Waals surface area contributed by atoms with Gasteiger partial charge in [-0.2, -0.15) is 0 Å². The van der Waals surface area contributed by atoms with Gasteiger partial charge >= 0.3 is 0 Å². The number of rotatable bonds is 6. The largest absolute Gasteiger partial charge is 0.363 e. The third-order valence-corrected chi connectivity index (χ3v) is 2.97. The highest BCUT2D eigenvalue weighted by molar-refractivity contribution is 5.85. The molecule has 1 unspecified atom stereocenters. The summed E-state index contributed by atoms with van der Waals surface area (Å²) in [5.41, 5.74) is 5.99. The second kappa shape index (κ2) is 8.07. The van der Waals surface area contributed by atoms with E-state index in [1.807, 2.05) is 44.1 Å². The molecule has 1 rings (SSSR count). The summed E-state index contributed by atoms with van der Waals surface area (Å²) >= 11 is 0. The summed E-state index contributed by atoms with van der Waals surface area (Å²) in [6, 6.07) is 5.74. The first-order chi connectivity index (χ1) is 8.86. The monoisotopic (exact) mass is 300 g/mol. The van der Waals surface area contributed by atoms with E-state index in [2.05, 4.69) is 10.3 Å². The van der Waals surface area contributed by atoms with Crippen LogP contribution in [0.4, 0.5) is 5.82 Å². The molecule has 0 radical (unpaired) electrons. The van der Waals surface area contributed by atoms with Crippen molar-refractivity contribution in [3.05, 3.63) is 23.9 Å². The minimum Gasteiger partial charge on any atom is -0.363 e. The number of pyridine rings is 1. The standard InChI is InChI=1S/C14H24N4O.ClH/c1-5-9-14(2,15)13(19)16-10-11-7-6-8-12(17-11)18(3)4;/h6-8H,5,9-10,15H2,1-4H3,(H,16,19);1H. The molecule has 1 aromatic heterocycles. The number of anilines is 1. The minimum absolute atomic E-state index is 0. The summed E-state index contributed by atoms with van der Waals surface area (Å²) < 4.78 is 0. The Morgan fingerprint density at radius 2 is 2.10 bits per heavy atom. The lowest BCUT2D eigenvalue weighted by Gasteiger charge is -2.22. The van der Waals surface area contributed by atoms with Gasteiger partial charge in [0, 0.05) is 14.1 Å². The van der Waals surface area contributed by atoms with Crippen molar-refractivity contribution in [2.24, 2.45) is 5.73 Å². The van der Waals surface area contributed by atoms with Gasteiger partial charge in [-0.25, -0.2) is 4.98 Å². The van der Waals surface area contributed by atoms with Crippen LogP contribution in [0.3, 0.4) is 0 Å². The van der Waals surface area contributed by atoms with E-state index in [0.29, 0.717) is 13.0 Å². The van der Waals surface area contributed by atoms with E-state index in [-0.39, 0.29) is 18.3 Å². The minimum atomic E-state index is -0.812. The maximum Gasteiger partial charge on any atom is 0.240 e. The van der Waals surface area contributed by atoms with Crippen LogP contribution in [0.5, 0.6) is 0 Å². The number of hydrogen-bond acceptors (Lipinski definition) is 4. The maximum absolute atomic E-state index is 12.0. The average Bonchev–Trinajstić information content (AvgIpc) is 2.36. The van der Waals surface area contributed by atoms with Crippen molar-refractivity contribution in [1.82, 2.24) is 10.3 Å². The van der Waals surface area contributed by atoms with Gasteiger partial charge in [-0.05, 0) is 25.5 Å². The zero-order valence-corrected chi connectivity index (χ0v) is 13.5. The molecule has 0 aliphatic rings. The Balaban J connectivity index is 0.00000361. The zero-order valence-electron chi connectivity index (χ0n) is 12.6. The van der Waals surface area contributed by atoms with Crippen LogP contribution in [0, 0.1) is 0 Å². The normalized spacial score (nSPS) is 13.1. The van der Waals surface area contributed by atoms with Crippen LogP contribution >= 0.6 is 12.4 Å². The number of nitrogens with two attached hydrogens (primary N) is 1. The van der Waals surface area contributed by atoms with Crippen LogP contribution in [0.15, 0.2) is 18.2 Å². The van der Waals surface area contributed by atoms with E-state index >= 15 is 0 Å². The van der Waals surface area contributed by atoms with Gasteiger partial charge in [0.2, 0.25) is 5.91 Å². The fourth-order valence-electron chi connectivity index (χ4n) is 1.82. The Bertz CT molecular complexity index is 435. The highest BCUT2D eigenvalue weighted by atomic mass is 35.5. The molecule has 3 N–H and O–H groups in total. The van der Waals surface area contributed by atoms with E-state index in [1.54, 1.807) is 6.92 Å². The topological polar surface area (TPSA) is 71.2 Å². The van der Waals surface area contributed by atoms with Crippen molar-refractivity contribution in [2.45, 2.75) is 38.8 Å².